The predicted molar refractivity (Wildman–Crippen MR) is 94.6 cm³/mol. The van der Waals surface area contributed by atoms with Crippen molar-refractivity contribution in [2.75, 3.05) is 0 Å². The Morgan fingerprint density at radius 1 is 1.12 bits per heavy atom. The van der Waals surface area contributed by atoms with E-state index in [0.717, 1.165) is 0 Å². The van der Waals surface area contributed by atoms with Gasteiger partial charge in [-0.15, -0.1) is 0 Å². The van der Waals surface area contributed by atoms with E-state index in [2.05, 4.69) is 4.98 Å². The molecule has 1 aromatic heterocycles. The Bertz CT molecular complexity index is 1000. The van der Waals surface area contributed by atoms with Crippen LogP contribution in [0.5, 0.6) is 5.75 Å². The lowest BCUT2D eigenvalue weighted by Gasteiger charge is -2.11. The summed E-state index contributed by atoms with van der Waals surface area (Å²) >= 11 is 12.3. The van der Waals surface area contributed by atoms with Gasteiger partial charge in [-0.1, -0.05) is 23.2 Å². The van der Waals surface area contributed by atoms with Crippen LogP contribution in [0.15, 0.2) is 42.5 Å². The number of fused-ring (bicyclic) bond motifs is 1. The van der Waals surface area contributed by atoms with Crippen molar-refractivity contribution >= 4 is 45.8 Å². The Kier molecular flexibility index (Phi) is 4.57. The highest BCUT2D eigenvalue weighted by Gasteiger charge is 2.18. The number of ether oxygens (including phenoxy) is 1. The lowest BCUT2D eigenvalue weighted by molar-refractivity contribution is -0.384. The van der Waals surface area contributed by atoms with Gasteiger partial charge < -0.3 is 4.74 Å². The number of benzene rings is 2. The second-order valence-corrected chi connectivity index (χ2v) is 6.03. The molecule has 0 bridgehead atoms. The van der Waals surface area contributed by atoms with Gasteiger partial charge in [0.2, 0.25) is 0 Å². The number of nitrogens with zero attached hydrogens (tertiary/aromatic N) is 2. The second-order valence-electron chi connectivity index (χ2n) is 5.21. The number of carbonyl (C=O) groups is 1. The molecule has 3 rings (SSSR count). The number of pyridine rings is 1. The zero-order valence-corrected chi connectivity index (χ0v) is 14.3. The largest absolute Gasteiger partial charge is 0.419 e. The topological polar surface area (TPSA) is 82.3 Å². The number of hydrogen-bond donors (Lipinski definition) is 0. The second kappa shape index (κ2) is 6.66. The van der Waals surface area contributed by atoms with Gasteiger partial charge in [-0.3, -0.25) is 10.1 Å². The van der Waals surface area contributed by atoms with Crippen LogP contribution in [0, 0.1) is 17.0 Å². The average molecular weight is 377 g/mol. The molecular formula is C17H10Cl2N2O4. The molecule has 0 unspecified atom stereocenters. The fraction of sp³-hybridized carbons (Fsp3) is 0.0588. The van der Waals surface area contributed by atoms with Crippen molar-refractivity contribution in [3.8, 4) is 5.75 Å². The van der Waals surface area contributed by atoms with Crippen molar-refractivity contribution in [3.63, 3.8) is 0 Å². The molecule has 0 aliphatic rings. The van der Waals surface area contributed by atoms with Gasteiger partial charge in [-0.05, 0) is 37.3 Å². The number of nitro benzene ring substituents is 1. The molecule has 0 N–H and O–H groups in total. The minimum absolute atomic E-state index is 0.0909. The molecule has 0 atom stereocenters. The van der Waals surface area contributed by atoms with Crippen molar-refractivity contribution < 1.29 is 14.5 Å². The van der Waals surface area contributed by atoms with E-state index >= 15 is 0 Å². The van der Waals surface area contributed by atoms with E-state index in [1.807, 2.05) is 0 Å². The summed E-state index contributed by atoms with van der Waals surface area (Å²) in [6.07, 6.45) is 0. The summed E-state index contributed by atoms with van der Waals surface area (Å²) in [4.78, 5) is 26.8. The molecule has 6 nitrogen and oxygen atoms in total. The number of hydrogen-bond acceptors (Lipinski definition) is 5. The smallest absolute Gasteiger partial charge is 0.343 e. The standard InChI is InChI=1S/C17H10Cl2N2O4/c1-9-2-7-12-13(18)8-14(19)16(15(12)20-9)25-17(22)10-3-5-11(6-4-10)21(23)24/h2-8H,1H3. The number of rotatable bonds is 3. The molecule has 0 radical (unpaired) electrons. The van der Waals surface area contributed by atoms with Crippen LogP contribution in [0.1, 0.15) is 16.1 Å². The lowest BCUT2D eigenvalue weighted by Crippen LogP contribution is -2.09. The van der Waals surface area contributed by atoms with Crippen LogP contribution in [0.25, 0.3) is 10.9 Å². The van der Waals surface area contributed by atoms with Crippen LogP contribution in [0.4, 0.5) is 5.69 Å². The third kappa shape index (κ3) is 3.40. The van der Waals surface area contributed by atoms with Crippen LogP contribution in [0.3, 0.4) is 0 Å². The predicted octanol–water partition coefficient (Wildman–Crippen LogP) is 4.98. The molecule has 2 aromatic carbocycles. The van der Waals surface area contributed by atoms with Crippen molar-refractivity contribution in [1.82, 2.24) is 4.98 Å². The Labute approximate surface area is 152 Å². The Hall–Kier alpha value is -2.70. The molecule has 126 valence electrons. The van der Waals surface area contributed by atoms with E-state index in [-0.39, 0.29) is 22.0 Å². The number of nitro groups is 1. The van der Waals surface area contributed by atoms with E-state index in [0.29, 0.717) is 21.6 Å². The first kappa shape index (κ1) is 17.1. The Balaban J connectivity index is 2.01. The molecule has 0 amide bonds. The maximum Gasteiger partial charge on any atom is 0.343 e. The van der Waals surface area contributed by atoms with Gasteiger partial charge in [-0.25, -0.2) is 9.78 Å². The molecule has 0 aliphatic heterocycles. The van der Waals surface area contributed by atoms with E-state index < -0.39 is 10.9 Å². The van der Waals surface area contributed by atoms with Gasteiger partial charge in [0.05, 0.1) is 20.5 Å². The highest BCUT2D eigenvalue weighted by molar-refractivity contribution is 6.39. The Morgan fingerprint density at radius 2 is 1.80 bits per heavy atom. The van der Waals surface area contributed by atoms with Gasteiger partial charge >= 0.3 is 5.97 Å². The number of aromatic nitrogens is 1. The monoisotopic (exact) mass is 376 g/mol. The summed E-state index contributed by atoms with van der Waals surface area (Å²) in [5.74, 6) is -0.614. The number of esters is 1. The summed E-state index contributed by atoms with van der Waals surface area (Å²) in [7, 11) is 0. The molecule has 8 heteroatoms. The highest BCUT2D eigenvalue weighted by Crippen LogP contribution is 2.37. The van der Waals surface area contributed by atoms with Crippen molar-refractivity contribution in [2.45, 2.75) is 6.92 Å². The number of carbonyl (C=O) groups excluding carboxylic acids is 1. The maximum atomic E-state index is 12.3. The molecule has 1 heterocycles. The summed E-state index contributed by atoms with van der Waals surface area (Å²) in [6, 6.07) is 10.1. The number of non-ortho nitro benzene ring substituents is 1. The number of halogens is 2. The summed E-state index contributed by atoms with van der Waals surface area (Å²) in [5.41, 5.74) is 1.10. The van der Waals surface area contributed by atoms with Crippen molar-refractivity contribution in [3.05, 3.63) is 73.9 Å². The first-order chi connectivity index (χ1) is 11.9. The third-order valence-corrected chi connectivity index (χ3v) is 4.08. The van der Waals surface area contributed by atoms with E-state index in [1.165, 1.54) is 30.3 Å². The summed E-state index contributed by atoms with van der Waals surface area (Å²) in [5, 5.41) is 11.8. The van der Waals surface area contributed by atoms with E-state index in [4.69, 9.17) is 27.9 Å². The molecule has 0 spiro atoms. The van der Waals surface area contributed by atoms with Gasteiger partial charge in [-0.2, -0.15) is 0 Å². The summed E-state index contributed by atoms with van der Waals surface area (Å²) in [6.45, 7) is 1.79. The lowest BCUT2D eigenvalue weighted by atomic mass is 10.2. The highest BCUT2D eigenvalue weighted by atomic mass is 35.5. The zero-order valence-electron chi connectivity index (χ0n) is 12.8. The van der Waals surface area contributed by atoms with Crippen LogP contribution >= 0.6 is 23.2 Å². The number of aryl methyl sites for hydroxylation is 1. The first-order valence-electron chi connectivity index (χ1n) is 7.09. The minimum Gasteiger partial charge on any atom is -0.419 e. The quantitative estimate of drug-likeness (QED) is 0.278. The van der Waals surface area contributed by atoms with Crippen molar-refractivity contribution in [2.24, 2.45) is 0 Å². The molecule has 25 heavy (non-hydrogen) atoms. The average Bonchev–Trinajstić information content (AvgIpc) is 2.58. The van der Waals surface area contributed by atoms with Crippen LogP contribution in [-0.2, 0) is 0 Å². The Morgan fingerprint density at radius 3 is 2.44 bits per heavy atom. The fourth-order valence-electron chi connectivity index (χ4n) is 2.26. The van der Waals surface area contributed by atoms with Crippen LogP contribution < -0.4 is 4.74 Å². The van der Waals surface area contributed by atoms with Crippen molar-refractivity contribution in [1.29, 1.82) is 0 Å². The van der Waals surface area contributed by atoms with E-state index in [1.54, 1.807) is 19.1 Å². The molecular weight excluding hydrogens is 367 g/mol. The molecule has 0 fully saturated rings. The van der Waals surface area contributed by atoms with Gasteiger partial charge in [0.25, 0.3) is 5.69 Å². The third-order valence-electron chi connectivity index (χ3n) is 3.49. The van der Waals surface area contributed by atoms with Crippen LogP contribution in [0.2, 0.25) is 10.0 Å². The molecule has 0 aliphatic carbocycles. The summed E-state index contributed by atoms with van der Waals surface area (Å²) < 4.78 is 5.39. The molecule has 0 saturated carbocycles. The maximum absolute atomic E-state index is 12.3. The van der Waals surface area contributed by atoms with Gasteiger partial charge in [0.15, 0.2) is 5.75 Å². The normalized spacial score (nSPS) is 10.7. The molecule has 0 saturated heterocycles. The minimum atomic E-state index is -0.705. The molecule has 3 aromatic rings. The SMILES string of the molecule is Cc1ccc2c(Cl)cc(Cl)c(OC(=O)c3ccc([N+](=O)[O-])cc3)c2n1. The van der Waals surface area contributed by atoms with E-state index in [9.17, 15) is 14.9 Å². The van der Waals surface area contributed by atoms with Gasteiger partial charge in [0, 0.05) is 23.2 Å². The fourth-order valence-corrected chi connectivity index (χ4v) is 2.81. The first-order valence-corrected chi connectivity index (χ1v) is 7.84. The van der Waals surface area contributed by atoms with Crippen LogP contribution in [-0.4, -0.2) is 15.9 Å². The zero-order chi connectivity index (χ0) is 18.1. The van der Waals surface area contributed by atoms with Gasteiger partial charge in [0.1, 0.15) is 5.52 Å².